The van der Waals surface area contributed by atoms with Crippen molar-refractivity contribution in [3.05, 3.63) is 71.5 Å². The first-order valence-corrected chi connectivity index (χ1v) is 20.6. The largest absolute Gasteiger partial charge is 1.00 e. The van der Waals surface area contributed by atoms with Crippen molar-refractivity contribution in [1.82, 2.24) is 10.6 Å². The van der Waals surface area contributed by atoms with Gasteiger partial charge in [0.25, 0.3) is 0 Å². The molecule has 2 aromatic carbocycles. The van der Waals surface area contributed by atoms with Gasteiger partial charge in [-0.1, -0.05) is 19.9 Å². The molecule has 13 nitrogen and oxygen atoms in total. The second kappa shape index (κ2) is 17.8. The summed E-state index contributed by atoms with van der Waals surface area (Å²) in [6.07, 6.45) is 7.72. The third-order valence-electron chi connectivity index (χ3n) is 9.53. The van der Waals surface area contributed by atoms with E-state index in [0.717, 1.165) is 41.2 Å². The Morgan fingerprint density at radius 3 is 2.06 bits per heavy atom. The van der Waals surface area contributed by atoms with Crippen LogP contribution in [0, 0.1) is 0 Å². The topological polar surface area (TPSA) is 188 Å². The van der Waals surface area contributed by atoms with E-state index in [1.807, 2.05) is 52.8 Å². The molecule has 0 aromatic heterocycles. The molecule has 54 heavy (non-hydrogen) atoms. The summed E-state index contributed by atoms with van der Waals surface area (Å²) >= 11 is 0. The van der Waals surface area contributed by atoms with Gasteiger partial charge in [0.05, 0.1) is 15.2 Å². The van der Waals surface area contributed by atoms with Crippen LogP contribution >= 0.6 is 0 Å². The minimum Gasteiger partial charge on any atom is -0.744 e. The van der Waals surface area contributed by atoms with Gasteiger partial charge in [0, 0.05) is 67.0 Å². The maximum Gasteiger partial charge on any atom is 1.00 e. The summed E-state index contributed by atoms with van der Waals surface area (Å²) in [4.78, 5) is 25.7. The fourth-order valence-corrected chi connectivity index (χ4v) is 7.93. The summed E-state index contributed by atoms with van der Waals surface area (Å²) in [6, 6.07) is 8.89. The molecule has 0 saturated carbocycles. The number of nitrogens with zero attached hydrogens (tertiary/aromatic N) is 2. The van der Waals surface area contributed by atoms with Crippen LogP contribution in [0.15, 0.2) is 70.1 Å². The molecule has 290 valence electrons. The molecule has 2 aliphatic heterocycles. The minimum atomic E-state index is -4.68. The van der Waals surface area contributed by atoms with Gasteiger partial charge in [-0.15, -0.1) is 0 Å². The number of likely N-dealkylation sites (N-methyl/N-ethyl adjacent to an activating group) is 1. The summed E-state index contributed by atoms with van der Waals surface area (Å²) in [7, 11) is -9.32. The molecule has 0 atom stereocenters. The molecule has 2 heterocycles. The number of ether oxygens (including phenoxy) is 1. The first kappa shape index (κ1) is 46.0. The molecule has 4 rings (SSSR count). The molecule has 0 bridgehead atoms. The summed E-state index contributed by atoms with van der Waals surface area (Å²) < 4.78 is 78.6. The number of hydrogen-bond donors (Lipinski definition) is 2. The van der Waals surface area contributed by atoms with Crippen molar-refractivity contribution < 1.29 is 96.2 Å². The van der Waals surface area contributed by atoms with E-state index in [2.05, 4.69) is 20.1 Å². The molecule has 0 unspecified atom stereocenters. The molecule has 0 saturated heterocycles. The van der Waals surface area contributed by atoms with Crippen LogP contribution in [0.5, 0.6) is 0 Å². The molecule has 2 amide bonds. The Hall–Kier alpha value is -2.41. The predicted octanol–water partition coefficient (Wildman–Crippen LogP) is 2.33. The summed E-state index contributed by atoms with van der Waals surface area (Å²) in [5.41, 5.74) is 2.95. The Kier molecular flexibility index (Phi) is 15.2. The van der Waals surface area contributed by atoms with E-state index >= 15 is 0 Å². The molecule has 0 radical (unpaired) electrons. The minimum absolute atomic E-state index is 0. The fourth-order valence-electron chi connectivity index (χ4n) is 6.93. The van der Waals surface area contributed by atoms with Crippen LogP contribution in [0.4, 0.5) is 16.2 Å². The van der Waals surface area contributed by atoms with Gasteiger partial charge in [-0.2, -0.15) is 4.58 Å². The average molecular weight is 811 g/mol. The van der Waals surface area contributed by atoms with Crippen LogP contribution < -0.4 is 66.9 Å². The van der Waals surface area contributed by atoms with Crippen LogP contribution in [0.2, 0.25) is 0 Å². The smallest absolute Gasteiger partial charge is 0.744 e. The van der Waals surface area contributed by atoms with Gasteiger partial charge in [0.2, 0.25) is 11.6 Å². The van der Waals surface area contributed by atoms with Crippen molar-refractivity contribution in [3.8, 4) is 0 Å². The number of anilines is 1. The molecule has 0 fully saturated rings. The molecular formula is C38H51KN4O9S2. The number of nitrogens with one attached hydrogen (secondary N) is 2. The zero-order valence-corrected chi connectivity index (χ0v) is 37.5. The molecule has 2 aliphatic rings. The Morgan fingerprint density at radius 2 is 1.46 bits per heavy atom. The van der Waals surface area contributed by atoms with Gasteiger partial charge < -0.3 is 29.4 Å². The van der Waals surface area contributed by atoms with Crippen molar-refractivity contribution in [2.45, 2.75) is 107 Å². The number of hydrogen-bond acceptors (Lipinski definition) is 10. The number of benzene rings is 2. The molecular weight excluding hydrogens is 760 g/mol. The van der Waals surface area contributed by atoms with Gasteiger partial charge in [0.1, 0.15) is 32.4 Å². The maximum atomic E-state index is 12.4. The van der Waals surface area contributed by atoms with Crippen LogP contribution in [-0.4, -0.2) is 80.0 Å². The Balaban J connectivity index is 0.00000784. The Bertz CT molecular complexity index is 2070. The van der Waals surface area contributed by atoms with E-state index < -0.39 is 42.8 Å². The van der Waals surface area contributed by atoms with E-state index in [1.54, 1.807) is 32.9 Å². The van der Waals surface area contributed by atoms with Crippen molar-refractivity contribution in [2.24, 2.45) is 0 Å². The second-order valence-electron chi connectivity index (χ2n) is 15.3. The quantitative estimate of drug-likeness (QED) is 0.124. The van der Waals surface area contributed by atoms with Gasteiger partial charge in [-0.25, -0.2) is 21.6 Å². The van der Waals surface area contributed by atoms with E-state index in [4.69, 9.17) is 4.74 Å². The molecule has 0 aliphatic carbocycles. The van der Waals surface area contributed by atoms with Crippen molar-refractivity contribution in [2.75, 3.05) is 31.1 Å². The summed E-state index contributed by atoms with van der Waals surface area (Å²) in [6.45, 7) is 16.9. The van der Waals surface area contributed by atoms with Crippen LogP contribution in [0.25, 0.3) is 0 Å². The first-order valence-electron chi connectivity index (χ1n) is 17.7. The van der Waals surface area contributed by atoms with Crippen molar-refractivity contribution in [1.29, 1.82) is 0 Å². The summed E-state index contributed by atoms with van der Waals surface area (Å²) in [5.74, 6) is -0.123. The maximum absolute atomic E-state index is 12.4. The molecule has 2 N–H and O–H groups in total. The second-order valence-corrected chi connectivity index (χ2v) is 18.1. The number of allylic oxidation sites excluding steroid dienone is 4. The van der Waals surface area contributed by atoms with E-state index in [9.17, 15) is 35.5 Å². The van der Waals surface area contributed by atoms with Gasteiger partial charge >= 0.3 is 57.5 Å². The standard InChI is InChI=1S/C38H52N4O9S2.K/c1-9-41-30-19-17-26(52(45,46)47)24-28(30)37(5,6)32(41)14-13-15-33-38(7,8)29-25-27(53(48,49)50)18-20-31(29)42(33)23-12-10-11-16-34(43)39-21-22-40-35(44)51-36(2,3)4;/h13-15,17-20,24-25H,9-12,16,21-23H2,1-8H3,(H3-,39,40,43,44,45,46,47,48,49,50);/q;+1/p-1. The van der Waals surface area contributed by atoms with E-state index in [0.29, 0.717) is 31.5 Å². The Labute approximate surface area is 362 Å². The third kappa shape index (κ3) is 10.9. The number of rotatable bonds is 14. The zero-order chi connectivity index (χ0) is 39.6. The van der Waals surface area contributed by atoms with E-state index in [1.165, 1.54) is 24.3 Å². The SMILES string of the molecule is CCN1/C(=C/C=C/C2=[N+](CCCCCC(=O)NCCNC(=O)OC(C)(C)C)c3ccc(S(=O)(=O)[O-])cc3C2(C)C)C(C)(C)c2cc(S(=O)(=O)[O-])ccc21.[K+]. The zero-order valence-electron chi connectivity index (χ0n) is 32.7. The third-order valence-corrected chi connectivity index (χ3v) is 11.2. The number of unbranched alkanes of at least 4 members (excludes halogenated alkanes) is 2. The average Bonchev–Trinajstić information content (AvgIpc) is 3.39. The number of carbonyl (C=O) groups is 2. The van der Waals surface area contributed by atoms with E-state index in [-0.39, 0.29) is 80.2 Å². The van der Waals surface area contributed by atoms with Gasteiger partial charge in [-0.3, -0.25) is 4.79 Å². The first-order chi connectivity index (χ1) is 24.5. The number of carbonyl (C=O) groups excluding carboxylic acids is 2. The fraction of sp³-hybridized carbons (Fsp3) is 0.500. The van der Waals surface area contributed by atoms with Crippen molar-refractivity contribution in [3.63, 3.8) is 0 Å². The van der Waals surface area contributed by atoms with Crippen LogP contribution in [0.3, 0.4) is 0 Å². The van der Waals surface area contributed by atoms with Crippen LogP contribution in [0.1, 0.15) is 92.2 Å². The molecule has 0 spiro atoms. The number of alkyl carbamates (subject to hydrolysis) is 1. The van der Waals surface area contributed by atoms with Gasteiger partial charge in [-0.05, 0) is 96.4 Å². The number of amides is 2. The normalized spacial score (nSPS) is 17.0. The monoisotopic (exact) mass is 810 g/mol. The van der Waals surface area contributed by atoms with Gasteiger partial charge in [0.15, 0.2) is 5.71 Å². The molecule has 16 heteroatoms. The van der Waals surface area contributed by atoms with Crippen LogP contribution in [-0.2, 0) is 40.6 Å². The summed E-state index contributed by atoms with van der Waals surface area (Å²) in [5, 5.41) is 5.41. The molecule has 2 aromatic rings. The Morgan fingerprint density at radius 1 is 0.870 bits per heavy atom. The number of fused-ring (bicyclic) bond motifs is 2. The van der Waals surface area contributed by atoms with Crippen molar-refractivity contribution >= 4 is 49.3 Å². The predicted molar refractivity (Wildman–Crippen MR) is 201 cm³/mol.